The number of carbonyl (C=O) groups excluding carboxylic acids is 1. The number of nitrogens with one attached hydrogen (secondary N) is 1. The Bertz CT molecular complexity index is 598. The number of ether oxygens (including phenoxy) is 2. The molecule has 3 rings (SSSR count). The zero-order chi connectivity index (χ0) is 16.4. The van der Waals surface area contributed by atoms with E-state index in [1.807, 2.05) is 12.1 Å². The van der Waals surface area contributed by atoms with Crippen LogP contribution < -0.4 is 5.32 Å². The van der Waals surface area contributed by atoms with E-state index in [0.717, 1.165) is 50.0 Å². The smallest absolute Gasteiger partial charge is 0.305 e. The van der Waals surface area contributed by atoms with E-state index in [0.29, 0.717) is 22.5 Å². The highest BCUT2D eigenvalue weighted by Crippen LogP contribution is 2.44. The average molecular weight is 358 g/mol. The number of hydrogen-bond donors (Lipinski definition) is 1. The summed E-state index contributed by atoms with van der Waals surface area (Å²) in [5.74, 6) is -0.178. The first-order valence-electron chi connectivity index (χ1n) is 7.97. The number of hydrogen-bond acceptors (Lipinski definition) is 4. The summed E-state index contributed by atoms with van der Waals surface area (Å²) in [6.45, 7) is 1.55. The van der Waals surface area contributed by atoms with Crippen LogP contribution >= 0.6 is 23.2 Å². The van der Waals surface area contributed by atoms with Crippen molar-refractivity contribution in [2.24, 2.45) is 0 Å². The molecule has 2 fully saturated rings. The van der Waals surface area contributed by atoms with E-state index in [9.17, 15) is 4.79 Å². The summed E-state index contributed by atoms with van der Waals surface area (Å²) in [5.41, 5.74) is 1.90. The highest BCUT2D eigenvalue weighted by Gasteiger charge is 2.48. The van der Waals surface area contributed by atoms with Gasteiger partial charge in [-0.25, -0.2) is 0 Å². The Morgan fingerprint density at radius 1 is 1.43 bits per heavy atom. The van der Waals surface area contributed by atoms with Gasteiger partial charge >= 0.3 is 5.97 Å². The molecule has 2 aliphatic heterocycles. The first-order valence-corrected chi connectivity index (χ1v) is 8.73. The second-order valence-electron chi connectivity index (χ2n) is 6.26. The fraction of sp³-hybridized carbons (Fsp3) is 0.588. The van der Waals surface area contributed by atoms with Crippen LogP contribution in [-0.4, -0.2) is 32.3 Å². The molecule has 1 aromatic carbocycles. The molecular formula is C17H21Cl2NO3. The molecule has 0 saturated carbocycles. The summed E-state index contributed by atoms with van der Waals surface area (Å²) < 4.78 is 10.8. The zero-order valence-corrected chi connectivity index (χ0v) is 14.7. The van der Waals surface area contributed by atoms with Crippen LogP contribution in [0.4, 0.5) is 0 Å². The first kappa shape index (κ1) is 17.0. The third-order valence-electron chi connectivity index (χ3n) is 4.79. The maximum Gasteiger partial charge on any atom is 0.305 e. The molecule has 2 aliphatic rings. The predicted molar refractivity (Wildman–Crippen MR) is 90.1 cm³/mol. The van der Waals surface area contributed by atoms with Crippen molar-refractivity contribution >= 4 is 29.2 Å². The minimum atomic E-state index is -0.281. The normalized spacial score (nSPS) is 25.8. The molecule has 2 unspecified atom stereocenters. The molecule has 1 N–H and O–H groups in total. The highest BCUT2D eigenvalue weighted by molar-refractivity contribution is 6.42. The summed E-state index contributed by atoms with van der Waals surface area (Å²) in [6, 6.07) is 4.32. The molecule has 4 nitrogen and oxygen atoms in total. The van der Waals surface area contributed by atoms with Crippen LogP contribution in [0.15, 0.2) is 12.1 Å². The van der Waals surface area contributed by atoms with Gasteiger partial charge < -0.3 is 14.8 Å². The van der Waals surface area contributed by atoms with Crippen molar-refractivity contribution in [1.82, 2.24) is 5.32 Å². The third-order valence-corrected chi connectivity index (χ3v) is 5.63. The van der Waals surface area contributed by atoms with Gasteiger partial charge in [0.25, 0.3) is 0 Å². The van der Waals surface area contributed by atoms with Crippen LogP contribution in [0.25, 0.3) is 0 Å². The third kappa shape index (κ3) is 3.36. The van der Waals surface area contributed by atoms with Gasteiger partial charge in [0.05, 0.1) is 23.8 Å². The number of esters is 1. The Morgan fingerprint density at radius 2 is 2.26 bits per heavy atom. The van der Waals surface area contributed by atoms with E-state index in [1.54, 1.807) is 0 Å². The summed E-state index contributed by atoms with van der Waals surface area (Å²) >= 11 is 12.7. The van der Waals surface area contributed by atoms with Gasteiger partial charge in [-0.3, -0.25) is 4.79 Å². The van der Waals surface area contributed by atoms with Crippen LogP contribution in [-0.2, 0) is 26.3 Å². The van der Waals surface area contributed by atoms with Gasteiger partial charge in [-0.05, 0) is 42.9 Å². The number of morpholine rings is 1. The van der Waals surface area contributed by atoms with E-state index in [1.165, 1.54) is 7.11 Å². The molecular weight excluding hydrogens is 337 g/mol. The number of rotatable bonds is 6. The highest BCUT2D eigenvalue weighted by atomic mass is 35.5. The van der Waals surface area contributed by atoms with E-state index in [4.69, 9.17) is 27.9 Å². The Labute approximate surface area is 146 Å². The van der Waals surface area contributed by atoms with Crippen molar-refractivity contribution < 1.29 is 14.3 Å². The quantitative estimate of drug-likeness (QED) is 0.625. The molecule has 2 atom stereocenters. The standard InChI is InChI=1S/C17H21Cl2NO3/c1-22-15(21)5-3-2-4-12-13(6-7-14(18)16(12)19)17-8-11(9-23-17)20-10-17/h6-7,11,20H,2-5,8-10H2,1H3. The molecule has 0 aromatic heterocycles. The molecule has 2 saturated heterocycles. The lowest BCUT2D eigenvalue weighted by Crippen LogP contribution is -2.38. The fourth-order valence-corrected chi connectivity index (χ4v) is 4.00. The summed E-state index contributed by atoms with van der Waals surface area (Å²) in [6.07, 6.45) is 3.80. The maximum atomic E-state index is 11.2. The SMILES string of the molecule is COC(=O)CCCCc1c(C23CNC(CO2)C3)ccc(Cl)c1Cl. The lowest BCUT2D eigenvalue weighted by atomic mass is 9.87. The summed E-state index contributed by atoms with van der Waals surface area (Å²) in [7, 11) is 1.41. The molecule has 2 bridgehead atoms. The second kappa shape index (κ2) is 6.98. The maximum absolute atomic E-state index is 11.2. The number of carbonyl (C=O) groups is 1. The number of fused-ring (bicyclic) bond motifs is 2. The van der Waals surface area contributed by atoms with Gasteiger partial charge in [0.1, 0.15) is 5.60 Å². The first-order chi connectivity index (χ1) is 11.1. The van der Waals surface area contributed by atoms with Crippen molar-refractivity contribution in [3.05, 3.63) is 33.3 Å². The van der Waals surface area contributed by atoms with Gasteiger partial charge in [-0.15, -0.1) is 0 Å². The molecule has 0 amide bonds. The molecule has 23 heavy (non-hydrogen) atoms. The van der Waals surface area contributed by atoms with E-state index in [-0.39, 0.29) is 11.6 Å². The van der Waals surface area contributed by atoms with Crippen LogP contribution in [0.1, 0.15) is 36.8 Å². The van der Waals surface area contributed by atoms with E-state index < -0.39 is 0 Å². The van der Waals surface area contributed by atoms with Crippen LogP contribution in [0, 0.1) is 0 Å². The fourth-order valence-electron chi connectivity index (χ4n) is 3.56. The van der Waals surface area contributed by atoms with Gasteiger partial charge in [0, 0.05) is 19.0 Å². The monoisotopic (exact) mass is 357 g/mol. The molecule has 6 heteroatoms. The van der Waals surface area contributed by atoms with Gasteiger partial charge in [0.15, 0.2) is 0 Å². The summed E-state index contributed by atoms with van der Waals surface area (Å²) in [4.78, 5) is 11.2. The lowest BCUT2D eigenvalue weighted by Gasteiger charge is -2.30. The van der Waals surface area contributed by atoms with Crippen LogP contribution in [0.5, 0.6) is 0 Å². The average Bonchev–Trinajstić information content (AvgIpc) is 3.16. The molecule has 0 radical (unpaired) electrons. The van der Waals surface area contributed by atoms with Crippen molar-refractivity contribution in [3.63, 3.8) is 0 Å². The van der Waals surface area contributed by atoms with Gasteiger partial charge in [-0.2, -0.15) is 0 Å². The minimum absolute atomic E-state index is 0.178. The Kier molecular flexibility index (Phi) is 5.16. The largest absolute Gasteiger partial charge is 0.469 e. The van der Waals surface area contributed by atoms with Crippen molar-refractivity contribution in [2.75, 3.05) is 20.3 Å². The van der Waals surface area contributed by atoms with Gasteiger partial charge in [0.2, 0.25) is 0 Å². The lowest BCUT2D eigenvalue weighted by molar-refractivity contribution is -0.140. The van der Waals surface area contributed by atoms with E-state index in [2.05, 4.69) is 10.1 Å². The molecule has 1 aromatic rings. The van der Waals surface area contributed by atoms with E-state index >= 15 is 0 Å². The Morgan fingerprint density at radius 3 is 2.87 bits per heavy atom. The van der Waals surface area contributed by atoms with Crippen molar-refractivity contribution in [2.45, 2.75) is 43.7 Å². The van der Waals surface area contributed by atoms with Gasteiger partial charge in [-0.1, -0.05) is 29.3 Å². The van der Waals surface area contributed by atoms with Crippen molar-refractivity contribution in [1.29, 1.82) is 0 Å². The zero-order valence-electron chi connectivity index (χ0n) is 13.2. The Balaban J connectivity index is 1.78. The van der Waals surface area contributed by atoms with Crippen LogP contribution in [0.3, 0.4) is 0 Å². The van der Waals surface area contributed by atoms with Crippen LogP contribution in [0.2, 0.25) is 10.0 Å². The molecule has 0 aliphatic carbocycles. The predicted octanol–water partition coefficient (Wildman–Crippen LogP) is 3.47. The molecule has 2 heterocycles. The number of benzene rings is 1. The molecule has 126 valence electrons. The molecule has 0 spiro atoms. The summed E-state index contributed by atoms with van der Waals surface area (Å²) in [5, 5.41) is 4.66. The number of unbranched alkanes of at least 4 members (excludes halogenated alkanes) is 1. The number of methoxy groups -OCH3 is 1. The minimum Gasteiger partial charge on any atom is -0.469 e. The topological polar surface area (TPSA) is 47.6 Å². The number of halogens is 2. The second-order valence-corrected chi connectivity index (χ2v) is 7.04. The Hall–Kier alpha value is -0.810. The van der Waals surface area contributed by atoms with Crippen molar-refractivity contribution in [3.8, 4) is 0 Å².